The summed E-state index contributed by atoms with van der Waals surface area (Å²) >= 11 is 1.38. The fourth-order valence-electron chi connectivity index (χ4n) is 1.87. The van der Waals surface area contributed by atoms with Gasteiger partial charge in [0.1, 0.15) is 0 Å². The maximum Gasteiger partial charge on any atom is 0.338 e. The summed E-state index contributed by atoms with van der Waals surface area (Å²) in [6.07, 6.45) is 7.72. The minimum Gasteiger partial charge on any atom is -0.465 e. The number of nitro benzene ring substituents is 1. The van der Waals surface area contributed by atoms with E-state index in [2.05, 4.69) is 4.74 Å². The number of hydrogen-bond donors (Lipinski definition) is 0. The number of carbonyl (C=O) groups excluding carboxylic acids is 1. The molecule has 6 heteroatoms. The van der Waals surface area contributed by atoms with E-state index in [4.69, 9.17) is 0 Å². The van der Waals surface area contributed by atoms with Gasteiger partial charge in [0.15, 0.2) is 0 Å². The van der Waals surface area contributed by atoms with Crippen molar-refractivity contribution >= 4 is 23.4 Å². The van der Waals surface area contributed by atoms with Crippen LogP contribution < -0.4 is 0 Å². The Morgan fingerprint density at radius 1 is 1.35 bits per heavy atom. The average Bonchev–Trinajstić information content (AvgIpc) is 2.90. The molecule has 1 aromatic carbocycles. The van der Waals surface area contributed by atoms with Gasteiger partial charge in [0.05, 0.1) is 22.5 Å². The molecule has 0 saturated heterocycles. The van der Waals surface area contributed by atoms with Crippen molar-refractivity contribution < 1.29 is 14.5 Å². The number of aryl methyl sites for hydroxylation is 1. The van der Waals surface area contributed by atoms with E-state index in [1.165, 1.54) is 24.9 Å². The number of methoxy groups -OCH3 is 1. The van der Waals surface area contributed by atoms with Crippen LogP contribution in [0, 0.1) is 17.0 Å². The first-order chi connectivity index (χ1) is 9.52. The highest BCUT2D eigenvalue weighted by atomic mass is 32.2. The summed E-state index contributed by atoms with van der Waals surface area (Å²) < 4.78 is 4.63. The molecule has 0 atom stereocenters. The summed E-state index contributed by atoms with van der Waals surface area (Å²) in [7, 11) is 1.25. The van der Waals surface area contributed by atoms with Gasteiger partial charge in [-0.1, -0.05) is 24.3 Å². The summed E-state index contributed by atoms with van der Waals surface area (Å²) in [5.41, 5.74) is 0.812. The maximum atomic E-state index is 11.6. The Morgan fingerprint density at radius 3 is 2.55 bits per heavy atom. The van der Waals surface area contributed by atoms with Crippen molar-refractivity contribution in [1.82, 2.24) is 0 Å². The summed E-state index contributed by atoms with van der Waals surface area (Å²) in [4.78, 5) is 22.8. The van der Waals surface area contributed by atoms with E-state index in [-0.39, 0.29) is 16.5 Å². The Hall–Kier alpha value is -2.08. The molecular formula is C14H13NO4S. The highest BCUT2D eigenvalue weighted by Gasteiger charge is 2.22. The van der Waals surface area contributed by atoms with Crippen molar-refractivity contribution in [2.75, 3.05) is 7.11 Å². The Bertz CT molecular complexity index is 610. The van der Waals surface area contributed by atoms with Crippen LogP contribution in [0.2, 0.25) is 0 Å². The standard InChI is InChI=1S/C14H13NO4S/c1-9-7-13(20-10-5-3-4-6-10)12(15(17)18)8-11(9)14(16)19-2/h3-8,10H,1-2H3. The van der Waals surface area contributed by atoms with Crippen molar-refractivity contribution in [3.05, 3.63) is 57.7 Å². The van der Waals surface area contributed by atoms with Crippen molar-refractivity contribution in [3.8, 4) is 0 Å². The van der Waals surface area contributed by atoms with Crippen molar-refractivity contribution in [3.63, 3.8) is 0 Å². The molecule has 0 aromatic heterocycles. The van der Waals surface area contributed by atoms with E-state index in [9.17, 15) is 14.9 Å². The second-order valence-electron chi connectivity index (χ2n) is 4.24. The first-order valence-electron chi connectivity index (χ1n) is 5.92. The van der Waals surface area contributed by atoms with Crippen LogP contribution in [-0.2, 0) is 4.74 Å². The molecule has 0 aliphatic heterocycles. The number of nitro groups is 1. The van der Waals surface area contributed by atoms with Gasteiger partial charge in [0, 0.05) is 11.3 Å². The molecule has 0 heterocycles. The minimum atomic E-state index is -0.567. The molecule has 0 amide bonds. The van der Waals surface area contributed by atoms with E-state index in [0.717, 1.165) is 0 Å². The SMILES string of the molecule is COC(=O)c1cc([N+](=O)[O-])c(SC2C=CC=C2)cc1C. The Balaban J connectivity index is 2.42. The number of benzene rings is 1. The van der Waals surface area contributed by atoms with Crippen LogP contribution in [0.15, 0.2) is 41.3 Å². The van der Waals surface area contributed by atoms with Crippen LogP contribution in [0.3, 0.4) is 0 Å². The van der Waals surface area contributed by atoms with E-state index in [1.54, 1.807) is 13.0 Å². The Labute approximate surface area is 120 Å². The number of nitrogens with zero attached hydrogens (tertiary/aromatic N) is 1. The molecule has 0 radical (unpaired) electrons. The highest BCUT2D eigenvalue weighted by Crippen LogP contribution is 2.36. The lowest BCUT2D eigenvalue weighted by Gasteiger charge is -2.10. The molecule has 0 unspecified atom stereocenters. The first-order valence-corrected chi connectivity index (χ1v) is 6.80. The fraction of sp³-hybridized carbons (Fsp3) is 0.214. The van der Waals surface area contributed by atoms with Gasteiger partial charge in [-0.15, -0.1) is 11.8 Å². The van der Waals surface area contributed by atoms with Gasteiger partial charge in [-0.2, -0.15) is 0 Å². The van der Waals surface area contributed by atoms with Gasteiger partial charge < -0.3 is 4.74 Å². The molecule has 0 N–H and O–H groups in total. The van der Waals surface area contributed by atoms with Gasteiger partial charge in [0.25, 0.3) is 5.69 Å². The van der Waals surface area contributed by atoms with Crippen LogP contribution in [0.1, 0.15) is 15.9 Å². The Morgan fingerprint density at radius 2 is 2.00 bits per heavy atom. The lowest BCUT2D eigenvalue weighted by molar-refractivity contribution is -0.387. The second kappa shape index (κ2) is 5.92. The van der Waals surface area contributed by atoms with Crippen LogP contribution in [0.25, 0.3) is 0 Å². The zero-order valence-corrected chi connectivity index (χ0v) is 11.8. The van der Waals surface area contributed by atoms with Crippen molar-refractivity contribution in [2.45, 2.75) is 17.1 Å². The largest absolute Gasteiger partial charge is 0.465 e. The molecule has 0 fully saturated rings. The summed E-state index contributed by atoms with van der Waals surface area (Å²) in [5, 5.41) is 11.3. The summed E-state index contributed by atoms with van der Waals surface area (Å²) in [5.74, 6) is -0.567. The fourth-order valence-corrected chi connectivity index (χ4v) is 3.00. The third kappa shape index (κ3) is 2.91. The lowest BCUT2D eigenvalue weighted by atomic mass is 10.1. The molecule has 1 aromatic rings. The number of rotatable bonds is 4. The van der Waals surface area contributed by atoms with Gasteiger partial charge in [-0.25, -0.2) is 4.79 Å². The smallest absolute Gasteiger partial charge is 0.338 e. The molecule has 0 spiro atoms. The predicted octanol–water partition coefficient (Wildman–Crippen LogP) is 3.28. The van der Waals surface area contributed by atoms with Gasteiger partial charge in [-0.3, -0.25) is 10.1 Å². The van der Waals surface area contributed by atoms with E-state index < -0.39 is 10.9 Å². The Kier molecular flexibility index (Phi) is 4.24. The molecule has 1 aliphatic carbocycles. The molecule has 2 rings (SSSR count). The van der Waals surface area contributed by atoms with Crippen LogP contribution in [-0.4, -0.2) is 23.3 Å². The summed E-state index contributed by atoms with van der Waals surface area (Å²) in [6, 6.07) is 2.95. The normalized spacial score (nSPS) is 13.7. The van der Waals surface area contributed by atoms with E-state index in [0.29, 0.717) is 10.5 Å². The van der Waals surface area contributed by atoms with Crippen molar-refractivity contribution in [2.24, 2.45) is 0 Å². The second-order valence-corrected chi connectivity index (χ2v) is 5.46. The molecule has 104 valence electrons. The molecule has 1 aliphatic rings. The first kappa shape index (κ1) is 14.3. The lowest BCUT2D eigenvalue weighted by Crippen LogP contribution is -2.06. The molecule has 0 bridgehead atoms. The number of carbonyl (C=O) groups is 1. The van der Waals surface area contributed by atoms with Crippen LogP contribution in [0.5, 0.6) is 0 Å². The van der Waals surface area contributed by atoms with E-state index >= 15 is 0 Å². The predicted molar refractivity (Wildman–Crippen MR) is 77.1 cm³/mol. The van der Waals surface area contributed by atoms with Crippen LogP contribution >= 0.6 is 11.8 Å². The quantitative estimate of drug-likeness (QED) is 0.483. The number of thioether (sulfide) groups is 1. The van der Waals surface area contributed by atoms with Gasteiger partial charge in [0.2, 0.25) is 0 Å². The minimum absolute atomic E-state index is 0.0744. The van der Waals surface area contributed by atoms with Gasteiger partial charge >= 0.3 is 5.97 Å². The maximum absolute atomic E-state index is 11.6. The summed E-state index contributed by atoms with van der Waals surface area (Å²) in [6.45, 7) is 1.74. The van der Waals surface area contributed by atoms with E-state index in [1.807, 2.05) is 24.3 Å². The van der Waals surface area contributed by atoms with Gasteiger partial charge in [-0.05, 0) is 18.6 Å². The number of allylic oxidation sites excluding steroid dienone is 2. The zero-order valence-electron chi connectivity index (χ0n) is 11.0. The zero-order chi connectivity index (χ0) is 14.7. The molecule has 0 saturated carbocycles. The average molecular weight is 291 g/mol. The third-order valence-corrected chi connectivity index (χ3v) is 4.05. The van der Waals surface area contributed by atoms with Crippen molar-refractivity contribution in [1.29, 1.82) is 0 Å². The number of esters is 1. The molecule has 20 heavy (non-hydrogen) atoms. The molecular weight excluding hydrogens is 278 g/mol. The third-order valence-electron chi connectivity index (χ3n) is 2.88. The monoisotopic (exact) mass is 291 g/mol. The molecule has 5 nitrogen and oxygen atoms in total. The highest BCUT2D eigenvalue weighted by molar-refractivity contribution is 8.00. The number of hydrogen-bond acceptors (Lipinski definition) is 5. The van der Waals surface area contributed by atoms with Crippen LogP contribution in [0.4, 0.5) is 5.69 Å². The topological polar surface area (TPSA) is 69.4 Å². The number of ether oxygens (including phenoxy) is 1.